The molecule has 0 radical (unpaired) electrons. The second-order valence-electron chi connectivity index (χ2n) is 5.21. The molecule has 0 aliphatic carbocycles. The first-order chi connectivity index (χ1) is 8.39. The molecule has 100 valence electrons. The maximum atomic E-state index is 5.41. The van der Waals surface area contributed by atoms with E-state index in [1.807, 2.05) is 11.8 Å². The Hall–Kier alpha value is 0.440. The lowest BCUT2D eigenvalue weighted by atomic mass is 10.0. The third-order valence-electron chi connectivity index (χ3n) is 3.54. The molecule has 1 aliphatic rings. The van der Waals surface area contributed by atoms with Gasteiger partial charge in [-0.3, -0.25) is 0 Å². The Balaban J connectivity index is 2.11. The Morgan fingerprint density at radius 3 is 1.53 bits per heavy atom. The Labute approximate surface area is 117 Å². The fourth-order valence-corrected chi connectivity index (χ4v) is 3.66. The Morgan fingerprint density at radius 2 is 1.00 bits per heavy atom. The van der Waals surface area contributed by atoms with Crippen LogP contribution in [0.4, 0.5) is 0 Å². The zero-order valence-electron chi connectivity index (χ0n) is 11.2. The van der Waals surface area contributed by atoms with Crippen LogP contribution in [0, 0.1) is 0 Å². The average Bonchev–Trinajstić information content (AvgIpc) is 2.32. The van der Waals surface area contributed by atoms with Gasteiger partial charge in [-0.05, 0) is 25.0 Å². The summed E-state index contributed by atoms with van der Waals surface area (Å²) in [6.45, 7) is 0. The molecule has 0 N–H and O–H groups in total. The molecule has 1 aliphatic heterocycles. The zero-order chi connectivity index (χ0) is 12.2. The quantitative estimate of drug-likeness (QED) is 0.486. The molecule has 0 aromatic rings. The molecule has 0 unspecified atom stereocenters. The van der Waals surface area contributed by atoms with Crippen LogP contribution in [-0.4, -0.2) is 9.95 Å². The number of hydrogen-bond donors (Lipinski definition) is 0. The van der Waals surface area contributed by atoms with E-state index in [-0.39, 0.29) is 0 Å². The lowest BCUT2D eigenvalue weighted by molar-refractivity contribution is 0.546. The summed E-state index contributed by atoms with van der Waals surface area (Å²) in [5.74, 6) is 1.26. The highest BCUT2D eigenvalue weighted by atomic mass is 32.2. The minimum atomic E-state index is 1.18. The van der Waals surface area contributed by atoms with Gasteiger partial charge in [0.05, 0.1) is 0 Å². The topological polar surface area (TPSA) is 0 Å². The van der Waals surface area contributed by atoms with Gasteiger partial charge < -0.3 is 0 Å². The van der Waals surface area contributed by atoms with Crippen molar-refractivity contribution in [3.8, 4) is 0 Å². The molecule has 0 atom stereocenters. The molecule has 0 amide bonds. The maximum absolute atomic E-state index is 5.41. The van der Waals surface area contributed by atoms with E-state index in [0.29, 0.717) is 0 Å². The van der Waals surface area contributed by atoms with Crippen LogP contribution in [0.2, 0.25) is 0 Å². The summed E-state index contributed by atoms with van der Waals surface area (Å²) < 4.78 is 1.26. The number of thiocarbonyl (C=S) groups is 1. The monoisotopic (exact) mass is 272 g/mol. The summed E-state index contributed by atoms with van der Waals surface area (Å²) in [5.41, 5.74) is 0. The van der Waals surface area contributed by atoms with Crippen LogP contribution in [0.5, 0.6) is 0 Å². The van der Waals surface area contributed by atoms with Crippen molar-refractivity contribution in [2.75, 3.05) is 5.75 Å². The highest BCUT2D eigenvalue weighted by Gasteiger charge is 2.00. The van der Waals surface area contributed by atoms with Crippen LogP contribution in [0.15, 0.2) is 0 Å². The second kappa shape index (κ2) is 11.5. The first-order valence-electron chi connectivity index (χ1n) is 7.55. The summed E-state index contributed by atoms with van der Waals surface area (Å²) in [6.07, 6.45) is 18.3. The van der Waals surface area contributed by atoms with Crippen molar-refractivity contribution < 1.29 is 0 Å². The lowest BCUT2D eigenvalue weighted by Gasteiger charge is -2.06. The molecule has 1 rings (SSSR count). The van der Waals surface area contributed by atoms with Crippen molar-refractivity contribution in [2.45, 2.75) is 83.5 Å². The number of hydrogen-bond acceptors (Lipinski definition) is 2. The van der Waals surface area contributed by atoms with Gasteiger partial charge in [0.2, 0.25) is 0 Å². The van der Waals surface area contributed by atoms with Crippen LogP contribution in [0.3, 0.4) is 0 Å². The summed E-state index contributed by atoms with van der Waals surface area (Å²) in [6, 6.07) is 0. The number of thioether (sulfide) groups is 1. The predicted molar refractivity (Wildman–Crippen MR) is 85.1 cm³/mol. The van der Waals surface area contributed by atoms with Gasteiger partial charge in [-0.1, -0.05) is 76.4 Å². The second-order valence-corrected chi connectivity index (χ2v) is 7.15. The van der Waals surface area contributed by atoms with E-state index in [1.54, 1.807) is 0 Å². The Bertz CT molecular complexity index is 171. The highest BCUT2D eigenvalue weighted by Crippen LogP contribution is 2.18. The van der Waals surface area contributed by atoms with Crippen molar-refractivity contribution in [1.82, 2.24) is 0 Å². The van der Waals surface area contributed by atoms with Crippen molar-refractivity contribution >= 4 is 28.2 Å². The van der Waals surface area contributed by atoms with Gasteiger partial charge in [-0.25, -0.2) is 0 Å². The van der Waals surface area contributed by atoms with Gasteiger partial charge >= 0.3 is 0 Å². The number of rotatable bonds is 0. The van der Waals surface area contributed by atoms with Gasteiger partial charge in [-0.15, -0.1) is 11.8 Å². The van der Waals surface area contributed by atoms with Gasteiger partial charge in [0.25, 0.3) is 0 Å². The third kappa shape index (κ3) is 10.1. The van der Waals surface area contributed by atoms with Crippen LogP contribution in [0.1, 0.15) is 83.5 Å². The molecule has 0 spiro atoms. The molecule has 17 heavy (non-hydrogen) atoms. The molecule has 1 heterocycles. The predicted octanol–water partition coefficient (Wildman–Crippen LogP) is 6.13. The summed E-state index contributed by atoms with van der Waals surface area (Å²) in [7, 11) is 0. The smallest absolute Gasteiger partial charge is 0.0478 e. The molecule has 1 fully saturated rings. The highest BCUT2D eigenvalue weighted by molar-refractivity contribution is 8.23. The summed E-state index contributed by atoms with van der Waals surface area (Å²) >= 11 is 7.35. The molecule has 1 saturated heterocycles. The van der Waals surface area contributed by atoms with E-state index >= 15 is 0 Å². The SMILES string of the molecule is S=C1CCCCCCCCCCCCCCS1. The van der Waals surface area contributed by atoms with E-state index < -0.39 is 0 Å². The van der Waals surface area contributed by atoms with Gasteiger partial charge in [0, 0.05) is 4.20 Å². The molecule has 0 aromatic carbocycles. The van der Waals surface area contributed by atoms with Crippen LogP contribution < -0.4 is 0 Å². The fourth-order valence-electron chi connectivity index (χ4n) is 2.40. The minimum Gasteiger partial charge on any atom is -0.119 e. The third-order valence-corrected chi connectivity index (χ3v) is 5.11. The van der Waals surface area contributed by atoms with E-state index in [9.17, 15) is 0 Å². The van der Waals surface area contributed by atoms with E-state index in [2.05, 4.69) is 0 Å². The van der Waals surface area contributed by atoms with Crippen LogP contribution >= 0.6 is 24.0 Å². The lowest BCUT2D eigenvalue weighted by Crippen LogP contribution is -1.92. The molecule has 0 nitrogen and oxygen atoms in total. The first kappa shape index (κ1) is 15.5. The van der Waals surface area contributed by atoms with E-state index in [1.165, 1.54) is 93.4 Å². The summed E-state index contributed by atoms with van der Waals surface area (Å²) in [5, 5.41) is 0. The molecular weight excluding hydrogens is 244 g/mol. The minimum absolute atomic E-state index is 1.18. The molecular formula is C15H28S2. The standard InChI is InChI=1S/C15H28S2/c16-15-13-11-9-7-5-3-1-2-4-6-8-10-12-14-17-15/h1-14H2. The Kier molecular flexibility index (Phi) is 10.5. The van der Waals surface area contributed by atoms with Gasteiger partial charge in [0.15, 0.2) is 0 Å². The maximum Gasteiger partial charge on any atom is 0.0478 e. The molecule has 0 bridgehead atoms. The summed E-state index contributed by atoms with van der Waals surface area (Å²) in [4.78, 5) is 0. The van der Waals surface area contributed by atoms with Crippen molar-refractivity contribution in [1.29, 1.82) is 0 Å². The Morgan fingerprint density at radius 1 is 0.588 bits per heavy atom. The van der Waals surface area contributed by atoms with Crippen molar-refractivity contribution in [2.24, 2.45) is 0 Å². The van der Waals surface area contributed by atoms with Crippen molar-refractivity contribution in [3.63, 3.8) is 0 Å². The zero-order valence-corrected chi connectivity index (χ0v) is 12.8. The van der Waals surface area contributed by atoms with Gasteiger partial charge in [0.1, 0.15) is 0 Å². The fraction of sp³-hybridized carbons (Fsp3) is 0.933. The van der Waals surface area contributed by atoms with E-state index in [4.69, 9.17) is 12.2 Å². The molecule has 0 saturated carbocycles. The molecule has 2 heteroatoms. The van der Waals surface area contributed by atoms with Crippen molar-refractivity contribution in [3.05, 3.63) is 0 Å². The average molecular weight is 273 g/mol. The first-order valence-corrected chi connectivity index (χ1v) is 8.94. The van der Waals surface area contributed by atoms with E-state index in [0.717, 1.165) is 0 Å². The van der Waals surface area contributed by atoms with Crippen LogP contribution in [-0.2, 0) is 0 Å². The van der Waals surface area contributed by atoms with Crippen LogP contribution in [0.25, 0.3) is 0 Å². The largest absolute Gasteiger partial charge is 0.119 e. The normalized spacial score (nSPS) is 23.4. The molecule has 0 aromatic heterocycles. The van der Waals surface area contributed by atoms with Gasteiger partial charge in [-0.2, -0.15) is 0 Å².